The number of nitrogens with zero attached hydrogens (tertiary/aromatic N) is 1. The number of rotatable bonds is 5. The maximum atomic E-state index is 11.9. The zero-order valence-electron chi connectivity index (χ0n) is 10.4. The molecule has 0 aromatic heterocycles. The quantitative estimate of drug-likeness (QED) is 0.552. The summed E-state index contributed by atoms with van der Waals surface area (Å²) in [6, 6.07) is 0. The average Bonchev–Trinajstić information content (AvgIpc) is 2.00. The van der Waals surface area contributed by atoms with Gasteiger partial charge in [-0.2, -0.15) is 25.9 Å². The van der Waals surface area contributed by atoms with Crippen molar-refractivity contribution in [1.82, 2.24) is 8.43 Å². The summed E-state index contributed by atoms with van der Waals surface area (Å²) in [4.78, 5) is 0. The van der Waals surface area contributed by atoms with Gasteiger partial charge in [0.15, 0.2) is 0 Å². The van der Waals surface area contributed by atoms with Crippen molar-refractivity contribution in [3.63, 3.8) is 0 Å². The zero-order chi connectivity index (χ0) is 13.2. The van der Waals surface area contributed by atoms with Crippen molar-refractivity contribution in [2.75, 3.05) is 13.1 Å². The van der Waals surface area contributed by atoms with Crippen LogP contribution in [-0.2, 0) is 20.2 Å². The van der Waals surface area contributed by atoms with Gasteiger partial charge in [0.05, 0.1) is 0 Å². The van der Waals surface area contributed by atoms with E-state index in [-0.39, 0.29) is 33.4 Å². The van der Waals surface area contributed by atoms with E-state index in [2.05, 4.69) is 0 Å². The number of sulfonamides is 1. The summed E-state index contributed by atoms with van der Waals surface area (Å²) >= 11 is 0. The van der Waals surface area contributed by atoms with Crippen LogP contribution in [0, 0.1) is 0 Å². The Morgan fingerprint density at radius 3 is 1.71 bits per heavy atom. The van der Waals surface area contributed by atoms with Gasteiger partial charge in [0, 0.05) is 13.1 Å². The Morgan fingerprint density at radius 1 is 1.12 bits per heavy atom. The number of hydrogen-bond donors (Lipinski definition) is 1. The second kappa shape index (κ2) is 6.40. The van der Waals surface area contributed by atoms with Crippen LogP contribution in [0.4, 0.5) is 13.2 Å². The van der Waals surface area contributed by atoms with E-state index in [1.807, 2.05) is 0 Å². The van der Waals surface area contributed by atoms with Gasteiger partial charge in [-0.3, -0.25) is 0 Å². The van der Waals surface area contributed by atoms with Crippen LogP contribution in [-0.4, -0.2) is 39.7 Å². The Morgan fingerprint density at radius 2 is 1.47 bits per heavy atom. The maximum Gasteiger partial charge on any atom is 1.00 e. The normalized spacial score (nSPS) is 13.5. The van der Waals surface area contributed by atoms with E-state index in [9.17, 15) is 30.0 Å². The third-order valence-electron chi connectivity index (χ3n) is 1.57. The Balaban J connectivity index is -0.00000112. The number of alkyl halides is 3. The molecule has 0 bridgehead atoms. The van der Waals surface area contributed by atoms with Crippen LogP contribution in [0.25, 0.3) is 0 Å². The third kappa shape index (κ3) is 5.15. The first-order valence-electron chi connectivity index (χ1n) is 4.08. The summed E-state index contributed by atoms with van der Waals surface area (Å²) in [5.41, 5.74) is -5.66. The van der Waals surface area contributed by atoms with Crippen LogP contribution >= 0.6 is 0 Å². The zero-order valence-corrected chi connectivity index (χ0v) is 11.1. The predicted octanol–water partition coefficient (Wildman–Crippen LogP) is -2.87. The summed E-state index contributed by atoms with van der Waals surface area (Å²) in [5, 5.41) is 0. The minimum Gasteiger partial charge on any atom is -1.00 e. The van der Waals surface area contributed by atoms with Gasteiger partial charge in [0.25, 0.3) is 10.2 Å². The van der Waals surface area contributed by atoms with Gasteiger partial charge in [0.2, 0.25) is 0 Å². The Hall–Kier alpha value is 0.207. The molecule has 12 heteroatoms. The van der Waals surface area contributed by atoms with E-state index in [0.717, 1.165) is 0 Å². The molecule has 0 atom stereocenters. The molecule has 100 valence electrons. The first-order chi connectivity index (χ1) is 6.98. The molecule has 0 fully saturated rings. The van der Waals surface area contributed by atoms with Crippen LogP contribution in [0.15, 0.2) is 0 Å². The van der Waals surface area contributed by atoms with Crippen molar-refractivity contribution in [2.45, 2.75) is 19.4 Å². The molecular weight excluding hydrogens is 280 g/mol. The minimum absolute atomic E-state index is 0. The molecule has 0 saturated carbocycles. The average molecular weight is 292 g/mol. The second-order valence-corrected chi connectivity index (χ2v) is 6.22. The van der Waals surface area contributed by atoms with Crippen molar-refractivity contribution in [3.8, 4) is 0 Å². The van der Waals surface area contributed by atoms with Gasteiger partial charge in [-0.15, -0.1) is 0 Å². The van der Waals surface area contributed by atoms with Crippen molar-refractivity contribution in [2.24, 2.45) is 0 Å². The summed E-state index contributed by atoms with van der Waals surface area (Å²) in [7, 11) is -10.6. The molecule has 0 aliphatic carbocycles. The third-order valence-corrected chi connectivity index (χ3v) is 5.09. The summed E-state index contributed by atoms with van der Waals surface area (Å²) in [5.74, 6) is 0. The summed E-state index contributed by atoms with van der Waals surface area (Å²) in [6.07, 6.45) is 0. The van der Waals surface area contributed by atoms with E-state index in [0.29, 0.717) is 8.43 Å². The van der Waals surface area contributed by atoms with E-state index in [4.69, 9.17) is 0 Å². The standard InChI is InChI=1S/C5H11F3N2O4S2.Li.H/c1-3-10(4-2)16(13,14)9-15(11,12)5(6,7)8;;/h9H,3-4H2,1-2H3;;/q;+1;-1. The van der Waals surface area contributed by atoms with Crippen LogP contribution in [0.2, 0.25) is 0 Å². The van der Waals surface area contributed by atoms with E-state index in [1.165, 1.54) is 13.8 Å². The van der Waals surface area contributed by atoms with E-state index < -0.39 is 25.7 Å². The van der Waals surface area contributed by atoms with E-state index >= 15 is 0 Å². The molecule has 6 nitrogen and oxygen atoms in total. The fourth-order valence-corrected chi connectivity index (χ4v) is 3.39. The Kier molecular flexibility index (Phi) is 7.35. The molecule has 0 radical (unpaired) electrons. The van der Waals surface area contributed by atoms with Crippen molar-refractivity contribution >= 4 is 20.2 Å². The van der Waals surface area contributed by atoms with Gasteiger partial charge in [-0.1, -0.05) is 18.0 Å². The predicted molar refractivity (Wildman–Crippen MR) is 51.1 cm³/mol. The molecule has 0 rings (SSSR count). The first kappa shape index (κ1) is 19.5. The smallest absolute Gasteiger partial charge is 1.00 e. The number of hydrogen-bond acceptors (Lipinski definition) is 4. The van der Waals surface area contributed by atoms with Crippen LogP contribution in [0.1, 0.15) is 15.3 Å². The fourth-order valence-electron chi connectivity index (χ4n) is 0.802. The number of halogens is 3. The molecule has 1 N–H and O–H groups in total. The van der Waals surface area contributed by atoms with Crippen LogP contribution in [0.3, 0.4) is 0 Å². The van der Waals surface area contributed by atoms with Gasteiger partial charge in [-0.25, -0.2) is 8.42 Å². The van der Waals surface area contributed by atoms with Gasteiger partial charge in [-0.05, 0) is 0 Å². The van der Waals surface area contributed by atoms with E-state index in [1.54, 1.807) is 0 Å². The first-order valence-corrected chi connectivity index (χ1v) is 7.00. The minimum atomic E-state index is -5.90. The van der Waals surface area contributed by atoms with Crippen molar-refractivity contribution < 1.29 is 50.3 Å². The van der Waals surface area contributed by atoms with Gasteiger partial charge in [0.1, 0.15) is 0 Å². The molecule has 0 spiro atoms. The molecule has 0 heterocycles. The Labute approximate surface area is 111 Å². The molecule has 0 aromatic rings. The van der Waals surface area contributed by atoms with Crippen LogP contribution < -0.4 is 23.0 Å². The SMILES string of the molecule is CCN(CC)S(=O)(=O)NS(=O)(=O)C(F)(F)F.[H-].[Li+]. The molecule has 0 saturated heterocycles. The van der Waals surface area contributed by atoms with Gasteiger partial charge < -0.3 is 1.43 Å². The molecule has 0 aliphatic rings. The van der Waals surface area contributed by atoms with Crippen LogP contribution in [0.5, 0.6) is 0 Å². The molecule has 0 aliphatic heterocycles. The topological polar surface area (TPSA) is 83.6 Å². The monoisotopic (exact) mass is 292 g/mol. The molecule has 0 amide bonds. The summed E-state index contributed by atoms with van der Waals surface area (Å²) < 4.78 is 80.4. The second-order valence-electron chi connectivity index (χ2n) is 2.62. The molecular formula is C5H12F3LiN2O4S2. The number of nitrogens with one attached hydrogen (secondary N) is 1. The van der Waals surface area contributed by atoms with Crippen molar-refractivity contribution in [3.05, 3.63) is 0 Å². The molecule has 0 unspecified atom stereocenters. The molecule has 0 aromatic carbocycles. The fraction of sp³-hybridized carbons (Fsp3) is 1.00. The largest absolute Gasteiger partial charge is 1.00 e. The summed E-state index contributed by atoms with van der Waals surface area (Å²) in [6.45, 7) is 2.45. The van der Waals surface area contributed by atoms with Crippen molar-refractivity contribution in [1.29, 1.82) is 0 Å². The Bertz CT molecular complexity index is 434. The molecule has 17 heavy (non-hydrogen) atoms. The maximum absolute atomic E-state index is 11.9. The van der Waals surface area contributed by atoms with Gasteiger partial charge >= 0.3 is 34.4 Å².